The Bertz CT molecular complexity index is 2190. The standard InChI is InChI=1S/C44H69N3O34/c1-11(51)45-19-27(22(54)16(8-48)73-37(19)70-5)77-41-32(59)43(67,6-14(71-41)34(61)62)81-39-21(47-13(3)53)29(24(56)18(10-50)75-39)78-42-33(60)44(68,7-15(72-42)35(63)64)80-38-20(46-12(2)52)28(23(55)17(9-49)74-38)76-40-26(58)25(57)30(69-4)31(79-40)36(65)66/h14-33,37-42,48-50,54-60,67-68H,6-10H2,1-5H3,(H,45,51)(H,46,52)(H,47,53)(H,61,62)(H,63,64)(H,65,66)/p-3/t14?,15?,16?,17?,18?,19?,20?,21?,22-,23-,24-,25+,26?,27+,28+,29+,30+,31?,32?,33?,37-,38+,39+,40-,41+,42+,43+,44+/m1/s1. The summed E-state index contributed by atoms with van der Waals surface area (Å²) in [6.45, 7) is -0.484. The van der Waals surface area contributed by atoms with Gasteiger partial charge in [0.25, 0.3) is 0 Å². The van der Waals surface area contributed by atoms with Crippen molar-refractivity contribution in [3.63, 3.8) is 0 Å². The summed E-state index contributed by atoms with van der Waals surface area (Å²) in [5, 5.41) is 178. The van der Waals surface area contributed by atoms with Gasteiger partial charge in [0.2, 0.25) is 29.3 Å². The van der Waals surface area contributed by atoms with Crippen LogP contribution in [0.25, 0.3) is 0 Å². The van der Waals surface area contributed by atoms with Crippen LogP contribution in [0.5, 0.6) is 0 Å². The smallest absolute Gasteiger partial charge is 0.217 e. The van der Waals surface area contributed by atoms with E-state index in [4.69, 9.17) is 61.6 Å². The van der Waals surface area contributed by atoms with Crippen molar-refractivity contribution < 1.29 is 167 Å². The average Bonchev–Trinajstić information content (AvgIpc) is 3.49. The predicted molar refractivity (Wildman–Crippen MR) is 237 cm³/mol. The lowest BCUT2D eigenvalue weighted by atomic mass is 9.93. The molecule has 6 fully saturated rings. The molecule has 37 nitrogen and oxygen atoms in total. The SMILES string of the molecule is CO[C@@H]1OC(CO)[C@@H](O)[C@@H](O[C@@H]2OC(C(=O)[O-])C[C@](O)(O[C@@H]3OC(CO)[C@@H](O)[C@@H](O[C@@H]4OC(C(=O)[O-])C[C@](O)(O[C@@H]5OC(CO)[C@@H](O)[C@@H](O[C@@H]6OC(C(=O)[O-])[C@@H](OC)[C@@H](O)C6O)C5NC(C)=O)C4O)C3NC(C)=O)C2O)C1NC(C)=O. The van der Waals surface area contributed by atoms with Crippen LogP contribution >= 0.6 is 0 Å². The number of carbonyl (C=O) groups excluding carboxylic acids is 6. The van der Waals surface area contributed by atoms with Crippen molar-refractivity contribution in [2.45, 2.75) is 205 Å². The molecule has 0 aromatic carbocycles. The van der Waals surface area contributed by atoms with E-state index in [1.807, 2.05) is 0 Å². The van der Waals surface area contributed by atoms with Gasteiger partial charge in [0.05, 0.1) is 37.7 Å². The molecule has 0 radical (unpaired) electrons. The van der Waals surface area contributed by atoms with Crippen molar-refractivity contribution in [1.82, 2.24) is 16.0 Å². The maximum absolute atomic E-state index is 12.9. The highest BCUT2D eigenvalue weighted by molar-refractivity contribution is 5.74. The summed E-state index contributed by atoms with van der Waals surface area (Å²) >= 11 is 0. The third kappa shape index (κ3) is 14.3. The number of hydrogen-bond donors (Lipinski definition) is 15. The number of carboxylic acid groups (broad SMARTS) is 3. The molecule has 81 heavy (non-hydrogen) atoms. The van der Waals surface area contributed by atoms with Gasteiger partial charge in [-0.25, -0.2) is 0 Å². The third-order valence-electron chi connectivity index (χ3n) is 14.0. The number of nitrogens with one attached hydrogen (secondary N) is 3. The van der Waals surface area contributed by atoms with Crippen LogP contribution in [-0.2, 0) is 90.3 Å². The van der Waals surface area contributed by atoms with Gasteiger partial charge in [0.15, 0.2) is 49.9 Å². The fourth-order valence-corrected chi connectivity index (χ4v) is 10.0. The first-order chi connectivity index (χ1) is 38.0. The summed E-state index contributed by atoms with van der Waals surface area (Å²) in [5.41, 5.74) is 0. The summed E-state index contributed by atoms with van der Waals surface area (Å²) in [6, 6.07) is -5.67. The van der Waals surface area contributed by atoms with E-state index in [0.29, 0.717) is 0 Å². The number of rotatable bonds is 21. The number of amides is 3. The zero-order valence-corrected chi connectivity index (χ0v) is 43.4. The van der Waals surface area contributed by atoms with Gasteiger partial charge < -0.3 is 169 Å². The summed E-state index contributed by atoms with van der Waals surface area (Å²) in [4.78, 5) is 74.8. The first kappa shape index (κ1) is 66.0. The second-order valence-electron chi connectivity index (χ2n) is 19.6. The Labute approximate surface area is 456 Å². The molecule has 12 unspecified atom stereocenters. The van der Waals surface area contributed by atoms with Crippen molar-refractivity contribution in [2.75, 3.05) is 34.0 Å². The maximum atomic E-state index is 12.9. The molecule has 0 aromatic heterocycles. The second kappa shape index (κ2) is 27.2. The lowest BCUT2D eigenvalue weighted by Gasteiger charge is -2.52. The molecule has 6 aliphatic heterocycles. The summed E-state index contributed by atoms with van der Waals surface area (Å²) in [7, 11) is 2.06. The van der Waals surface area contributed by atoms with Gasteiger partial charge in [0, 0.05) is 47.8 Å². The summed E-state index contributed by atoms with van der Waals surface area (Å²) in [6.07, 6.45) is -52.4. The molecule has 6 heterocycles. The number of hydrogen-bond acceptors (Lipinski definition) is 34. The van der Waals surface area contributed by atoms with Crippen LogP contribution in [0, 0.1) is 0 Å². The molecule has 0 bridgehead atoms. The molecule has 28 atom stereocenters. The number of aliphatic hydroxyl groups is 12. The van der Waals surface area contributed by atoms with Crippen LogP contribution in [0.1, 0.15) is 33.6 Å². The minimum atomic E-state index is -3.43. The molecule has 6 saturated heterocycles. The van der Waals surface area contributed by atoms with Gasteiger partial charge >= 0.3 is 0 Å². The minimum absolute atomic E-state index is 0.763. The van der Waals surface area contributed by atoms with Crippen LogP contribution in [0.15, 0.2) is 0 Å². The van der Waals surface area contributed by atoms with Crippen molar-refractivity contribution in [2.24, 2.45) is 0 Å². The Morgan fingerprint density at radius 2 is 0.802 bits per heavy atom. The van der Waals surface area contributed by atoms with E-state index in [-0.39, 0.29) is 0 Å². The molecule has 3 amide bonds. The molecular formula is C44H66N3O34-3. The van der Waals surface area contributed by atoms with Crippen LogP contribution < -0.4 is 31.3 Å². The normalized spacial score (nSPS) is 45.7. The first-order valence-electron chi connectivity index (χ1n) is 24.8. The molecule has 0 saturated carbocycles. The molecule has 0 spiro atoms. The van der Waals surface area contributed by atoms with Gasteiger partial charge in [-0.3, -0.25) is 14.4 Å². The van der Waals surface area contributed by atoms with Crippen molar-refractivity contribution in [3.05, 3.63) is 0 Å². The predicted octanol–water partition coefficient (Wildman–Crippen LogP) is -15.4. The molecule has 0 aromatic rings. The van der Waals surface area contributed by atoms with E-state index >= 15 is 0 Å². The number of carboxylic acids is 3. The molecule has 0 aliphatic carbocycles. The summed E-state index contributed by atoms with van der Waals surface area (Å²) in [5.74, 6) is -15.8. The van der Waals surface area contributed by atoms with Gasteiger partial charge in [-0.2, -0.15) is 0 Å². The fourth-order valence-electron chi connectivity index (χ4n) is 10.0. The Hall–Kier alpha value is -4.18. The molecule has 37 heteroatoms. The highest BCUT2D eigenvalue weighted by Gasteiger charge is 2.61. The van der Waals surface area contributed by atoms with Crippen LogP contribution in [0.2, 0.25) is 0 Å². The average molecular weight is 1180 g/mol. The van der Waals surface area contributed by atoms with E-state index in [1.54, 1.807) is 0 Å². The number of carbonyl (C=O) groups is 6. The monoisotopic (exact) mass is 1180 g/mol. The Morgan fingerprint density at radius 3 is 1.11 bits per heavy atom. The molecule has 464 valence electrons. The minimum Gasteiger partial charge on any atom is -0.547 e. The molecular weight excluding hydrogens is 1110 g/mol. The maximum Gasteiger partial charge on any atom is 0.217 e. The highest BCUT2D eigenvalue weighted by atomic mass is 16.8. The molecule has 6 aliphatic rings. The largest absolute Gasteiger partial charge is 0.547 e. The highest BCUT2D eigenvalue weighted by Crippen LogP contribution is 2.41. The van der Waals surface area contributed by atoms with Crippen LogP contribution in [0.3, 0.4) is 0 Å². The van der Waals surface area contributed by atoms with Gasteiger partial charge in [-0.1, -0.05) is 0 Å². The van der Waals surface area contributed by atoms with E-state index in [0.717, 1.165) is 35.0 Å². The lowest BCUT2D eigenvalue weighted by molar-refractivity contribution is -0.434. The van der Waals surface area contributed by atoms with Gasteiger partial charge in [0.1, 0.15) is 110 Å². The van der Waals surface area contributed by atoms with E-state index in [1.165, 1.54) is 0 Å². The summed E-state index contributed by atoms with van der Waals surface area (Å²) < 4.78 is 72.0. The third-order valence-corrected chi connectivity index (χ3v) is 14.0. The zero-order valence-electron chi connectivity index (χ0n) is 43.4. The fraction of sp³-hybridized carbons (Fsp3) is 0.864. The Morgan fingerprint density at radius 1 is 0.457 bits per heavy atom. The van der Waals surface area contributed by atoms with Crippen molar-refractivity contribution in [3.8, 4) is 0 Å². The number of aliphatic hydroxyl groups excluding tert-OH is 10. The number of aliphatic carboxylic acids is 3. The topological polar surface area (TPSA) is 570 Å². The molecule has 15 N–H and O–H groups in total. The zero-order chi connectivity index (χ0) is 60.3. The number of methoxy groups -OCH3 is 2. The van der Waals surface area contributed by atoms with Crippen LogP contribution in [-0.4, -0.2) is 302 Å². The van der Waals surface area contributed by atoms with E-state index < -0.39 is 239 Å². The Kier molecular flexibility index (Phi) is 22.2. The molecule has 6 rings (SSSR count). The van der Waals surface area contributed by atoms with Gasteiger partial charge in [-0.05, 0) is 0 Å². The van der Waals surface area contributed by atoms with Crippen molar-refractivity contribution >= 4 is 35.6 Å². The first-order valence-corrected chi connectivity index (χ1v) is 24.8. The van der Waals surface area contributed by atoms with Crippen LogP contribution in [0.4, 0.5) is 0 Å². The van der Waals surface area contributed by atoms with E-state index in [9.17, 15) is 105 Å². The second-order valence-corrected chi connectivity index (χ2v) is 19.6. The lowest BCUT2D eigenvalue weighted by Crippen LogP contribution is -2.72. The van der Waals surface area contributed by atoms with Crippen molar-refractivity contribution in [1.29, 1.82) is 0 Å². The number of ether oxygens (including phenoxy) is 13. The quantitative estimate of drug-likeness (QED) is 0.0475. The Balaban J connectivity index is 1.32. The van der Waals surface area contributed by atoms with E-state index in [2.05, 4.69) is 16.0 Å². The van der Waals surface area contributed by atoms with Gasteiger partial charge in [-0.15, -0.1) is 0 Å².